The minimum atomic E-state index is -0.681. The average molecular weight is 294 g/mol. The summed E-state index contributed by atoms with van der Waals surface area (Å²) in [4.78, 5) is 0. The highest BCUT2D eigenvalue weighted by atomic mass is 31.1. The molecule has 1 atom stereocenters. The predicted octanol–water partition coefficient (Wildman–Crippen LogP) is 4.10. The van der Waals surface area contributed by atoms with Gasteiger partial charge in [-0.15, -0.1) is 0 Å². The number of phenolic OH excluding ortho intramolecular Hbond substituents is 1. The lowest BCUT2D eigenvalue weighted by Gasteiger charge is -2.35. The average Bonchev–Trinajstić information content (AvgIpc) is 3.01. The van der Waals surface area contributed by atoms with Gasteiger partial charge in [-0.3, -0.25) is 0 Å². The molecule has 0 aliphatic heterocycles. The van der Waals surface area contributed by atoms with Crippen molar-refractivity contribution in [3.8, 4) is 5.75 Å². The Kier molecular flexibility index (Phi) is 3.94. The van der Waals surface area contributed by atoms with Gasteiger partial charge in [-0.2, -0.15) is 0 Å². The third kappa shape index (κ3) is 2.54. The molecule has 0 radical (unpaired) electrons. The number of allylic oxidation sites excluding steroid dienone is 4. The van der Waals surface area contributed by atoms with E-state index in [0.29, 0.717) is 5.75 Å². The van der Waals surface area contributed by atoms with Gasteiger partial charge in [0.05, 0.1) is 0 Å². The summed E-state index contributed by atoms with van der Waals surface area (Å²) in [5.41, 5.74) is 0. The van der Waals surface area contributed by atoms with Crippen LogP contribution >= 0.6 is 7.92 Å². The van der Waals surface area contributed by atoms with Crippen LogP contribution in [0.5, 0.6) is 5.75 Å². The van der Waals surface area contributed by atoms with Gasteiger partial charge in [0, 0.05) is 10.5 Å². The topological polar surface area (TPSA) is 20.2 Å². The number of para-hydroxylation sites is 1. The molecule has 106 valence electrons. The van der Waals surface area contributed by atoms with Crippen LogP contribution in [0.1, 0.15) is 13.3 Å². The highest BCUT2D eigenvalue weighted by molar-refractivity contribution is 7.75. The molecule has 2 aromatic rings. The smallest absolute Gasteiger partial charge is 0.123 e. The first-order valence-corrected chi connectivity index (χ1v) is 8.61. The molecule has 0 saturated carbocycles. The Morgan fingerprint density at radius 3 is 2.14 bits per heavy atom. The highest BCUT2D eigenvalue weighted by Gasteiger charge is 2.37. The number of hydrogen-bond donors (Lipinski definition) is 1. The van der Waals surface area contributed by atoms with Crippen LogP contribution in [-0.2, 0) is 0 Å². The molecule has 0 heterocycles. The molecule has 0 aromatic heterocycles. The van der Waals surface area contributed by atoms with Crippen LogP contribution in [0.15, 0.2) is 78.9 Å². The molecule has 0 amide bonds. The Balaban J connectivity index is 2.19. The maximum atomic E-state index is 10.4. The van der Waals surface area contributed by atoms with Crippen molar-refractivity contribution in [2.24, 2.45) is 0 Å². The Bertz CT molecular complexity index is 661. The summed E-state index contributed by atoms with van der Waals surface area (Å²) in [7, 11) is -0.681. The standard InChI is InChI=1S/C19H19OP/c1-2-19(14-8-9-15-19)21(16-10-4-3-5-11-16)18-13-7-6-12-17(18)20/h3-15,20H,2H2,1H3. The van der Waals surface area contributed by atoms with Gasteiger partial charge in [0.15, 0.2) is 0 Å². The van der Waals surface area contributed by atoms with Gasteiger partial charge in [0.2, 0.25) is 0 Å². The number of benzene rings is 2. The minimum Gasteiger partial charge on any atom is -0.507 e. The molecule has 2 aromatic carbocycles. The largest absolute Gasteiger partial charge is 0.507 e. The number of rotatable bonds is 4. The van der Waals surface area contributed by atoms with Gasteiger partial charge in [-0.05, 0) is 25.7 Å². The summed E-state index contributed by atoms with van der Waals surface area (Å²) in [6, 6.07) is 18.3. The maximum absolute atomic E-state index is 10.4. The Hall–Kier alpha value is -1.85. The van der Waals surface area contributed by atoms with E-state index in [-0.39, 0.29) is 5.16 Å². The second kappa shape index (κ2) is 5.87. The normalized spacial score (nSPS) is 17.0. The van der Waals surface area contributed by atoms with Crippen molar-refractivity contribution in [1.82, 2.24) is 0 Å². The Morgan fingerprint density at radius 2 is 1.52 bits per heavy atom. The molecule has 1 N–H and O–H groups in total. The summed E-state index contributed by atoms with van der Waals surface area (Å²) in [6.45, 7) is 2.22. The van der Waals surface area contributed by atoms with Crippen molar-refractivity contribution in [3.63, 3.8) is 0 Å². The van der Waals surface area contributed by atoms with E-state index in [9.17, 15) is 5.11 Å². The van der Waals surface area contributed by atoms with Crippen LogP contribution in [0, 0.1) is 0 Å². The van der Waals surface area contributed by atoms with Crippen molar-refractivity contribution in [1.29, 1.82) is 0 Å². The van der Waals surface area contributed by atoms with Gasteiger partial charge in [-0.25, -0.2) is 0 Å². The third-order valence-corrected chi connectivity index (χ3v) is 7.12. The van der Waals surface area contributed by atoms with E-state index in [0.717, 1.165) is 11.7 Å². The van der Waals surface area contributed by atoms with Crippen LogP contribution in [-0.4, -0.2) is 10.3 Å². The van der Waals surface area contributed by atoms with Gasteiger partial charge in [-0.1, -0.05) is 79.8 Å². The SMILES string of the molecule is CCC1(P(c2ccccc2)c2ccccc2O)C=CC=C1. The molecule has 3 rings (SSSR count). The first kappa shape index (κ1) is 14.1. The van der Waals surface area contributed by atoms with Crippen molar-refractivity contribution >= 4 is 18.5 Å². The zero-order chi connectivity index (χ0) is 14.7. The summed E-state index contributed by atoms with van der Waals surface area (Å²) >= 11 is 0. The van der Waals surface area contributed by atoms with Crippen molar-refractivity contribution < 1.29 is 5.11 Å². The van der Waals surface area contributed by atoms with E-state index in [1.165, 1.54) is 5.30 Å². The molecule has 0 bridgehead atoms. The summed E-state index contributed by atoms with van der Waals surface area (Å²) in [6.07, 6.45) is 9.86. The molecule has 0 fully saturated rings. The summed E-state index contributed by atoms with van der Waals surface area (Å²) in [5, 5.41) is 12.7. The molecule has 1 aliphatic rings. The van der Waals surface area contributed by atoms with E-state index >= 15 is 0 Å². The van der Waals surface area contributed by atoms with E-state index in [4.69, 9.17) is 0 Å². The van der Waals surface area contributed by atoms with E-state index < -0.39 is 7.92 Å². The van der Waals surface area contributed by atoms with Crippen molar-refractivity contribution in [2.75, 3.05) is 0 Å². The van der Waals surface area contributed by atoms with E-state index in [2.05, 4.69) is 61.6 Å². The molecule has 21 heavy (non-hydrogen) atoms. The van der Waals surface area contributed by atoms with E-state index in [1.807, 2.05) is 18.2 Å². The lowest BCUT2D eigenvalue weighted by Crippen LogP contribution is -2.30. The number of phenols is 1. The fraction of sp³-hybridized carbons (Fsp3) is 0.158. The van der Waals surface area contributed by atoms with Gasteiger partial charge >= 0.3 is 0 Å². The maximum Gasteiger partial charge on any atom is 0.123 e. The van der Waals surface area contributed by atoms with Crippen LogP contribution in [0.25, 0.3) is 0 Å². The fourth-order valence-electron chi connectivity index (χ4n) is 2.88. The monoisotopic (exact) mass is 294 g/mol. The molecule has 0 spiro atoms. The highest BCUT2D eigenvalue weighted by Crippen LogP contribution is 2.54. The van der Waals surface area contributed by atoms with Crippen LogP contribution in [0.4, 0.5) is 0 Å². The van der Waals surface area contributed by atoms with Crippen molar-refractivity contribution in [3.05, 3.63) is 78.9 Å². The van der Waals surface area contributed by atoms with Crippen LogP contribution < -0.4 is 10.6 Å². The number of hydrogen-bond acceptors (Lipinski definition) is 1. The van der Waals surface area contributed by atoms with Gasteiger partial charge in [0.25, 0.3) is 0 Å². The van der Waals surface area contributed by atoms with Crippen LogP contribution in [0.2, 0.25) is 0 Å². The molecular formula is C19H19OP. The second-order valence-corrected chi connectivity index (χ2v) is 7.72. The minimum absolute atomic E-state index is 0.00444. The van der Waals surface area contributed by atoms with Gasteiger partial charge < -0.3 is 5.11 Å². The first-order chi connectivity index (χ1) is 10.3. The molecular weight excluding hydrogens is 275 g/mol. The molecule has 0 saturated heterocycles. The summed E-state index contributed by atoms with van der Waals surface area (Å²) in [5.74, 6) is 0.397. The zero-order valence-electron chi connectivity index (χ0n) is 12.1. The second-order valence-electron chi connectivity index (χ2n) is 5.22. The fourth-order valence-corrected chi connectivity index (χ4v) is 5.88. The lowest BCUT2D eigenvalue weighted by molar-refractivity contribution is 0.479. The van der Waals surface area contributed by atoms with Gasteiger partial charge in [0.1, 0.15) is 5.75 Å². The first-order valence-electron chi connectivity index (χ1n) is 7.27. The van der Waals surface area contributed by atoms with E-state index in [1.54, 1.807) is 6.07 Å². The zero-order valence-corrected chi connectivity index (χ0v) is 13.0. The third-order valence-electron chi connectivity index (χ3n) is 4.00. The molecule has 1 unspecified atom stereocenters. The molecule has 1 nitrogen and oxygen atoms in total. The summed E-state index contributed by atoms with van der Waals surface area (Å²) < 4.78 is 0. The quantitative estimate of drug-likeness (QED) is 0.842. The number of aromatic hydroxyl groups is 1. The Labute approximate surface area is 127 Å². The Morgan fingerprint density at radius 1 is 0.905 bits per heavy atom. The molecule has 1 aliphatic carbocycles. The molecule has 2 heteroatoms. The van der Waals surface area contributed by atoms with Crippen LogP contribution in [0.3, 0.4) is 0 Å². The van der Waals surface area contributed by atoms with Crippen molar-refractivity contribution in [2.45, 2.75) is 18.5 Å². The predicted molar refractivity (Wildman–Crippen MR) is 92.0 cm³/mol. The lowest BCUT2D eigenvalue weighted by atomic mass is 10.1.